The second kappa shape index (κ2) is 8.62. The molecule has 1 amide bonds. The maximum Gasteiger partial charge on any atom is 0.308 e. The fourth-order valence-electron chi connectivity index (χ4n) is 2.52. The predicted molar refractivity (Wildman–Crippen MR) is 95.9 cm³/mol. The monoisotopic (exact) mass is 362 g/mol. The number of aromatic nitrogens is 1. The molecule has 0 atom stereocenters. The minimum Gasteiger partial charge on any atom is -0.457 e. The Labute approximate surface area is 150 Å². The molecule has 1 N–H and O–H groups in total. The normalized spacial score (nSPS) is 10.5. The Bertz CT molecular complexity index is 762. The molecule has 7 heteroatoms. The maximum atomic E-state index is 12.4. The van der Waals surface area contributed by atoms with Crippen molar-refractivity contribution in [2.24, 2.45) is 0 Å². The molecule has 2 rings (SSSR count). The van der Waals surface area contributed by atoms with Crippen LogP contribution in [0.3, 0.4) is 0 Å². The van der Waals surface area contributed by atoms with Gasteiger partial charge in [-0.15, -0.1) is 11.3 Å². The van der Waals surface area contributed by atoms with Gasteiger partial charge in [0.25, 0.3) is 0 Å². The number of hydrogen-bond donors (Lipinski definition) is 1. The SMILES string of the molecule is CC(=O)NCCC(=O)OCC(=O)c1cc(C)n(Cc2cccs2)c1C. The lowest BCUT2D eigenvalue weighted by molar-refractivity contribution is -0.142. The fourth-order valence-corrected chi connectivity index (χ4v) is 3.21. The summed E-state index contributed by atoms with van der Waals surface area (Å²) in [6.45, 7) is 5.86. The van der Waals surface area contributed by atoms with Crippen molar-refractivity contribution in [3.8, 4) is 0 Å². The molecule has 2 aromatic rings. The van der Waals surface area contributed by atoms with Crippen LogP contribution in [0.2, 0.25) is 0 Å². The van der Waals surface area contributed by atoms with Gasteiger partial charge in [0.2, 0.25) is 11.7 Å². The number of carbonyl (C=O) groups excluding carboxylic acids is 3. The lowest BCUT2D eigenvalue weighted by Crippen LogP contribution is -2.24. The van der Waals surface area contributed by atoms with Crippen LogP contribution in [-0.4, -0.2) is 35.4 Å². The summed E-state index contributed by atoms with van der Waals surface area (Å²) in [6, 6.07) is 5.89. The van der Waals surface area contributed by atoms with Gasteiger partial charge in [0.05, 0.1) is 13.0 Å². The smallest absolute Gasteiger partial charge is 0.308 e. The molecule has 6 nitrogen and oxygen atoms in total. The Morgan fingerprint density at radius 2 is 2.04 bits per heavy atom. The summed E-state index contributed by atoms with van der Waals surface area (Å²) in [6.07, 6.45) is 0.0459. The predicted octanol–water partition coefficient (Wildman–Crippen LogP) is 2.47. The van der Waals surface area contributed by atoms with E-state index in [1.165, 1.54) is 11.8 Å². The number of carbonyl (C=O) groups is 3. The van der Waals surface area contributed by atoms with Crippen molar-refractivity contribution >= 4 is 29.0 Å². The molecule has 0 bridgehead atoms. The third kappa shape index (κ3) is 5.29. The topological polar surface area (TPSA) is 77.4 Å². The molecule has 0 aliphatic heterocycles. The Kier molecular flexibility index (Phi) is 6.52. The van der Waals surface area contributed by atoms with Crippen LogP contribution in [-0.2, 0) is 20.9 Å². The molecule has 0 saturated carbocycles. The van der Waals surface area contributed by atoms with E-state index in [2.05, 4.69) is 16.0 Å². The number of amides is 1. The number of nitrogens with one attached hydrogen (secondary N) is 1. The summed E-state index contributed by atoms with van der Waals surface area (Å²) in [7, 11) is 0. The van der Waals surface area contributed by atoms with Crippen LogP contribution < -0.4 is 5.32 Å². The first kappa shape index (κ1) is 18.9. The summed E-state index contributed by atoms with van der Waals surface area (Å²) < 4.78 is 7.08. The van der Waals surface area contributed by atoms with E-state index in [4.69, 9.17) is 4.74 Å². The van der Waals surface area contributed by atoms with Crippen LogP contribution in [0.15, 0.2) is 23.6 Å². The highest BCUT2D eigenvalue weighted by atomic mass is 32.1. The molecule has 25 heavy (non-hydrogen) atoms. The number of nitrogens with zero attached hydrogens (tertiary/aromatic N) is 1. The quantitative estimate of drug-likeness (QED) is 0.578. The molecular formula is C18H22N2O4S. The highest BCUT2D eigenvalue weighted by Gasteiger charge is 2.17. The van der Waals surface area contributed by atoms with E-state index in [1.807, 2.05) is 31.4 Å². The fraction of sp³-hybridized carbons (Fsp3) is 0.389. The summed E-state index contributed by atoms with van der Waals surface area (Å²) in [5.41, 5.74) is 2.43. The van der Waals surface area contributed by atoms with Crippen LogP contribution in [0.1, 0.15) is 40.0 Å². The third-order valence-electron chi connectivity index (χ3n) is 3.84. The summed E-state index contributed by atoms with van der Waals surface area (Å²) in [5, 5.41) is 4.53. The van der Waals surface area contributed by atoms with Crippen LogP contribution >= 0.6 is 11.3 Å². The number of ether oxygens (including phenoxy) is 1. The van der Waals surface area contributed by atoms with Gasteiger partial charge < -0.3 is 14.6 Å². The van der Waals surface area contributed by atoms with Crippen molar-refractivity contribution in [2.45, 2.75) is 33.7 Å². The summed E-state index contributed by atoms with van der Waals surface area (Å²) in [5.74, 6) is -0.935. The highest BCUT2D eigenvalue weighted by Crippen LogP contribution is 2.19. The minimum absolute atomic E-state index is 0.0459. The Hall–Kier alpha value is -2.41. The van der Waals surface area contributed by atoms with Gasteiger partial charge in [-0.3, -0.25) is 14.4 Å². The van der Waals surface area contributed by atoms with Gasteiger partial charge in [-0.05, 0) is 31.4 Å². The number of ketones is 1. The minimum atomic E-state index is -0.505. The molecule has 0 unspecified atom stereocenters. The first-order valence-electron chi connectivity index (χ1n) is 8.01. The van der Waals surface area contributed by atoms with E-state index in [0.717, 1.165) is 17.9 Å². The second-order valence-electron chi connectivity index (χ2n) is 5.77. The first-order valence-corrected chi connectivity index (χ1v) is 8.88. The van der Waals surface area contributed by atoms with Gasteiger partial charge in [-0.2, -0.15) is 0 Å². The van der Waals surface area contributed by atoms with E-state index >= 15 is 0 Å². The van der Waals surface area contributed by atoms with E-state index in [-0.39, 0.29) is 31.3 Å². The zero-order valence-corrected chi connectivity index (χ0v) is 15.4. The van der Waals surface area contributed by atoms with Crippen molar-refractivity contribution in [1.82, 2.24) is 9.88 Å². The van der Waals surface area contributed by atoms with Gasteiger partial charge in [-0.25, -0.2) is 0 Å². The zero-order chi connectivity index (χ0) is 18.4. The summed E-state index contributed by atoms with van der Waals surface area (Å²) >= 11 is 1.67. The largest absolute Gasteiger partial charge is 0.457 e. The molecule has 2 aromatic heterocycles. The van der Waals surface area contributed by atoms with E-state index in [0.29, 0.717) is 5.56 Å². The lowest BCUT2D eigenvalue weighted by atomic mass is 10.1. The molecule has 0 saturated heterocycles. The number of thiophene rings is 1. The van der Waals surface area contributed by atoms with Crippen LogP contribution in [0, 0.1) is 13.8 Å². The van der Waals surface area contributed by atoms with Gasteiger partial charge in [0.15, 0.2) is 6.61 Å². The van der Waals surface area contributed by atoms with Gasteiger partial charge in [0, 0.05) is 35.3 Å². The first-order chi connectivity index (χ1) is 11.9. The van der Waals surface area contributed by atoms with Crippen LogP contribution in [0.25, 0.3) is 0 Å². The third-order valence-corrected chi connectivity index (χ3v) is 4.70. The molecule has 0 spiro atoms. The Balaban J connectivity index is 1.93. The number of esters is 1. The van der Waals surface area contributed by atoms with Crippen molar-refractivity contribution in [3.05, 3.63) is 45.4 Å². The molecule has 0 fully saturated rings. The number of Topliss-reactive ketones (excluding diaryl/α,β-unsaturated/α-hetero) is 1. The van der Waals surface area contributed by atoms with E-state index in [1.54, 1.807) is 11.3 Å². The molecule has 0 aromatic carbocycles. The standard InChI is InChI=1S/C18H22N2O4S/c1-12-9-16(13(2)20(12)10-15-5-4-8-25-15)17(22)11-24-18(23)6-7-19-14(3)21/h4-5,8-9H,6-7,10-11H2,1-3H3,(H,19,21). The molecule has 0 aliphatic carbocycles. The molecule has 2 heterocycles. The maximum absolute atomic E-state index is 12.4. The molecule has 0 radical (unpaired) electrons. The molecule has 0 aliphatic rings. The average molecular weight is 362 g/mol. The van der Waals surface area contributed by atoms with Crippen LogP contribution in [0.5, 0.6) is 0 Å². The van der Waals surface area contributed by atoms with Crippen molar-refractivity contribution < 1.29 is 19.1 Å². The van der Waals surface area contributed by atoms with E-state index in [9.17, 15) is 14.4 Å². The zero-order valence-electron chi connectivity index (χ0n) is 14.6. The van der Waals surface area contributed by atoms with Crippen LogP contribution in [0.4, 0.5) is 0 Å². The lowest BCUT2D eigenvalue weighted by Gasteiger charge is -2.08. The van der Waals surface area contributed by atoms with Gasteiger partial charge in [-0.1, -0.05) is 6.07 Å². The number of rotatable bonds is 8. The van der Waals surface area contributed by atoms with Crippen molar-refractivity contribution in [3.63, 3.8) is 0 Å². The Morgan fingerprint density at radius 1 is 1.28 bits per heavy atom. The number of aryl methyl sites for hydroxylation is 1. The van der Waals surface area contributed by atoms with E-state index < -0.39 is 5.97 Å². The summed E-state index contributed by atoms with van der Waals surface area (Å²) in [4.78, 5) is 35.9. The molecular weight excluding hydrogens is 340 g/mol. The average Bonchev–Trinajstić information content (AvgIpc) is 3.16. The van der Waals surface area contributed by atoms with Gasteiger partial charge >= 0.3 is 5.97 Å². The second-order valence-corrected chi connectivity index (χ2v) is 6.80. The molecule has 134 valence electrons. The highest BCUT2D eigenvalue weighted by molar-refractivity contribution is 7.09. The Morgan fingerprint density at radius 3 is 2.68 bits per heavy atom. The van der Waals surface area contributed by atoms with Gasteiger partial charge in [0.1, 0.15) is 0 Å². The van der Waals surface area contributed by atoms with Crippen molar-refractivity contribution in [2.75, 3.05) is 13.2 Å². The van der Waals surface area contributed by atoms with Crippen molar-refractivity contribution in [1.29, 1.82) is 0 Å². The number of hydrogen-bond acceptors (Lipinski definition) is 5.